The van der Waals surface area contributed by atoms with Gasteiger partial charge in [0.25, 0.3) is 0 Å². The van der Waals surface area contributed by atoms with Crippen LogP contribution in [-0.2, 0) is 4.74 Å². The Bertz CT molecular complexity index is 843. The van der Waals surface area contributed by atoms with Crippen LogP contribution in [0.5, 0.6) is 5.75 Å². The summed E-state index contributed by atoms with van der Waals surface area (Å²) in [5.41, 5.74) is 6.98. The molecule has 3 N–H and O–H groups in total. The Morgan fingerprint density at radius 2 is 2.15 bits per heavy atom. The van der Waals surface area contributed by atoms with Crippen molar-refractivity contribution in [1.29, 1.82) is 5.41 Å². The van der Waals surface area contributed by atoms with Crippen molar-refractivity contribution in [2.75, 3.05) is 30.3 Å². The quantitative estimate of drug-likeness (QED) is 0.618. The molecule has 0 radical (unpaired) electrons. The van der Waals surface area contributed by atoms with Gasteiger partial charge in [0.2, 0.25) is 0 Å². The third-order valence-corrected chi connectivity index (χ3v) is 4.21. The van der Waals surface area contributed by atoms with Crippen molar-refractivity contribution in [1.82, 2.24) is 9.97 Å². The fourth-order valence-corrected chi connectivity index (χ4v) is 2.95. The van der Waals surface area contributed by atoms with Crippen LogP contribution in [0.1, 0.15) is 32.0 Å². The second kappa shape index (κ2) is 7.87. The van der Waals surface area contributed by atoms with Gasteiger partial charge in [-0.15, -0.1) is 0 Å². The number of aromatic nitrogens is 2. The number of nitrogen functional groups attached to an aromatic ring is 1. The zero-order valence-corrected chi connectivity index (χ0v) is 15.7. The highest BCUT2D eigenvalue weighted by Crippen LogP contribution is 2.27. The molecule has 1 aliphatic rings. The molecule has 1 aromatic heterocycles. The Hall–Kier alpha value is -2.74. The lowest BCUT2D eigenvalue weighted by molar-refractivity contribution is 0.0529. The normalized spacial score (nSPS) is 17.2. The van der Waals surface area contributed by atoms with E-state index in [1.807, 2.05) is 6.92 Å². The molecule has 27 heavy (non-hydrogen) atoms. The molecule has 144 valence electrons. The summed E-state index contributed by atoms with van der Waals surface area (Å²) >= 11 is 0. The number of nitrogens with zero attached hydrogens (tertiary/aromatic N) is 3. The number of ether oxygens (including phenoxy) is 2. The first-order valence-corrected chi connectivity index (χ1v) is 8.88. The van der Waals surface area contributed by atoms with E-state index in [-0.39, 0.29) is 29.4 Å². The molecule has 1 fully saturated rings. The average molecular weight is 373 g/mol. The number of hydrogen-bond donors (Lipinski definition) is 2. The van der Waals surface area contributed by atoms with Crippen molar-refractivity contribution >= 4 is 17.2 Å². The molecule has 1 atom stereocenters. The van der Waals surface area contributed by atoms with E-state index in [0.717, 1.165) is 18.9 Å². The van der Waals surface area contributed by atoms with E-state index in [9.17, 15) is 4.39 Å². The van der Waals surface area contributed by atoms with Gasteiger partial charge in [0.15, 0.2) is 11.6 Å². The highest BCUT2D eigenvalue weighted by molar-refractivity contribution is 6.13. The fourth-order valence-electron chi connectivity index (χ4n) is 2.95. The number of morpholine rings is 1. The first-order chi connectivity index (χ1) is 12.8. The van der Waals surface area contributed by atoms with Crippen LogP contribution in [0.4, 0.5) is 15.9 Å². The van der Waals surface area contributed by atoms with Crippen molar-refractivity contribution < 1.29 is 13.9 Å². The minimum Gasteiger partial charge on any atom is -0.488 e. The highest BCUT2D eigenvalue weighted by atomic mass is 19.1. The largest absolute Gasteiger partial charge is 0.488 e. The van der Waals surface area contributed by atoms with Crippen molar-refractivity contribution in [3.63, 3.8) is 0 Å². The van der Waals surface area contributed by atoms with Crippen LogP contribution in [0, 0.1) is 11.2 Å². The molecular weight excluding hydrogens is 349 g/mol. The van der Waals surface area contributed by atoms with Gasteiger partial charge in [0.05, 0.1) is 30.2 Å². The number of nitrogens with two attached hydrogens (primary N) is 1. The van der Waals surface area contributed by atoms with Crippen LogP contribution < -0.4 is 15.4 Å². The molecular formula is C19H24FN5O2. The molecule has 1 saturated heterocycles. The molecule has 3 rings (SSSR count). The summed E-state index contributed by atoms with van der Waals surface area (Å²) in [6.45, 7) is 7.68. The zero-order valence-electron chi connectivity index (χ0n) is 15.7. The minimum atomic E-state index is -0.552. The summed E-state index contributed by atoms with van der Waals surface area (Å²) in [4.78, 5) is 10.6. The smallest absolute Gasteiger partial charge is 0.167 e. The van der Waals surface area contributed by atoms with E-state index in [0.29, 0.717) is 17.9 Å². The van der Waals surface area contributed by atoms with Gasteiger partial charge < -0.3 is 20.1 Å². The van der Waals surface area contributed by atoms with E-state index in [1.165, 1.54) is 18.5 Å². The number of anilines is 2. The predicted octanol–water partition coefficient (Wildman–Crippen LogP) is 2.63. The molecule has 0 unspecified atom stereocenters. The Morgan fingerprint density at radius 3 is 2.85 bits per heavy atom. The van der Waals surface area contributed by atoms with Gasteiger partial charge in [0, 0.05) is 36.5 Å². The SMILES string of the molecule is CC(C)Oc1cc(C(=N)c2cc(N3CCO[C@@H](C)C3)ncn2)c(N)cc1F. The number of halogens is 1. The second-order valence-electron chi connectivity index (χ2n) is 6.80. The zero-order chi connectivity index (χ0) is 19.6. The third-order valence-electron chi connectivity index (χ3n) is 4.21. The first kappa shape index (κ1) is 19.0. The average Bonchev–Trinajstić information content (AvgIpc) is 2.63. The molecule has 0 amide bonds. The minimum absolute atomic E-state index is 0.0650. The molecule has 7 nitrogen and oxygen atoms in total. The number of rotatable bonds is 5. The molecule has 0 spiro atoms. The Labute approximate surface area is 157 Å². The van der Waals surface area contributed by atoms with Gasteiger partial charge in [0.1, 0.15) is 12.1 Å². The van der Waals surface area contributed by atoms with Gasteiger partial charge in [-0.25, -0.2) is 14.4 Å². The summed E-state index contributed by atoms with van der Waals surface area (Å²) in [5, 5.41) is 8.52. The molecule has 2 aromatic rings. The van der Waals surface area contributed by atoms with E-state index in [1.54, 1.807) is 19.9 Å². The van der Waals surface area contributed by atoms with Crippen LogP contribution in [-0.4, -0.2) is 47.6 Å². The monoisotopic (exact) mass is 373 g/mol. The lowest BCUT2D eigenvalue weighted by Gasteiger charge is -2.32. The lowest BCUT2D eigenvalue weighted by Crippen LogP contribution is -2.41. The molecule has 0 aliphatic carbocycles. The van der Waals surface area contributed by atoms with E-state index in [2.05, 4.69) is 14.9 Å². The Kier molecular flexibility index (Phi) is 5.55. The van der Waals surface area contributed by atoms with Crippen LogP contribution in [0.2, 0.25) is 0 Å². The fraction of sp³-hybridized carbons (Fsp3) is 0.421. The van der Waals surface area contributed by atoms with Crippen LogP contribution >= 0.6 is 0 Å². The Morgan fingerprint density at radius 1 is 1.37 bits per heavy atom. The first-order valence-electron chi connectivity index (χ1n) is 8.88. The summed E-state index contributed by atoms with van der Waals surface area (Å²) < 4.78 is 25.1. The van der Waals surface area contributed by atoms with Gasteiger partial charge in [-0.3, -0.25) is 5.41 Å². The van der Waals surface area contributed by atoms with Crippen LogP contribution in [0.15, 0.2) is 24.5 Å². The number of hydrogen-bond acceptors (Lipinski definition) is 7. The predicted molar refractivity (Wildman–Crippen MR) is 102 cm³/mol. The second-order valence-corrected chi connectivity index (χ2v) is 6.80. The maximum atomic E-state index is 14.1. The molecule has 2 heterocycles. The summed E-state index contributed by atoms with van der Waals surface area (Å²) in [6, 6.07) is 4.37. The van der Waals surface area contributed by atoms with E-state index in [4.69, 9.17) is 20.6 Å². The standard InChI is InChI=1S/C19H24FN5O2/c1-11(2)27-17-6-13(15(21)7-14(17)20)19(22)16-8-18(24-10-23-16)25-4-5-26-12(3)9-25/h6-8,10-12,22H,4-5,9,21H2,1-3H3/t12-/m0/s1. The topological polar surface area (TPSA) is 97.3 Å². The molecule has 0 bridgehead atoms. The number of nitrogens with one attached hydrogen (secondary N) is 1. The van der Waals surface area contributed by atoms with Gasteiger partial charge in [-0.2, -0.15) is 0 Å². The molecule has 8 heteroatoms. The van der Waals surface area contributed by atoms with Crippen LogP contribution in [0.3, 0.4) is 0 Å². The van der Waals surface area contributed by atoms with Crippen LogP contribution in [0.25, 0.3) is 0 Å². The lowest BCUT2D eigenvalue weighted by atomic mass is 10.0. The summed E-state index contributed by atoms with van der Waals surface area (Å²) in [5.74, 6) is 0.234. The summed E-state index contributed by atoms with van der Waals surface area (Å²) in [7, 11) is 0. The highest BCUT2D eigenvalue weighted by Gasteiger charge is 2.20. The summed E-state index contributed by atoms with van der Waals surface area (Å²) in [6.07, 6.45) is 1.34. The van der Waals surface area contributed by atoms with Crippen molar-refractivity contribution in [3.05, 3.63) is 41.6 Å². The van der Waals surface area contributed by atoms with Crippen molar-refractivity contribution in [2.45, 2.75) is 33.0 Å². The number of benzene rings is 1. The van der Waals surface area contributed by atoms with Gasteiger partial charge in [-0.1, -0.05) is 0 Å². The Balaban J connectivity index is 1.91. The maximum absolute atomic E-state index is 14.1. The van der Waals surface area contributed by atoms with Crippen molar-refractivity contribution in [3.8, 4) is 5.75 Å². The third kappa shape index (κ3) is 4.33. The molecule has 1 aromatic carbocycles. The molecule has 1 aliphatic heterocycles. The molecule has 0 saturated carbocycles. The van der Waals surface area contributed by atoms with E-state index < -0.39 is 5.82 Å². The maximum Gasteiger partial charge on any atom is 0.167 e. The van der Waals surface area contributed by atoms with E-state index >= 15 is 0 Å². The van der Waals surface area contributed by atoms with Gasteiger partial charge in [-0.05, 0) is 26.8 Å². The van der Waals surface area contributed by atoms with Gasteiger partial charge >= 0.3 is 0 Å². The van der Waals surface area contributed by atoms with Crippen molar-refractivity contribution in [2.24, 2.45) is 0 Å².